The Labute approximate surface area is 113 Å². The highest BCUT2D eigenvalue weighted by Crippen LogP contribution is 2.26. The molecule has 0 aromatic heterocycles. The van der Waals surface area contributed by atoms with Crippen molar-refractivity contribution in [2.75, 3.05) is 36.9 Å². The molecule has 0 atom stereocenters. The van der Waals surface area contributed by atoms with Gasteiger partial charge in [-0.05, 0) is 18.9 Å². The van der Waals surface area contributed by atoms with Gasteiger partial charge in [0, 0.05) is 36.6 Å². The lowest BCUT2D eigenvalue weighted by Crippen LogP contribution is -2.33. The second kappa shape index (κ2) is 6.31. The first-order chi connectivity index (χ1) is 9.19. The number of nitrogens with two attached hydrogens (primary N) is 1. The summed E-state index contributed by atoms with van der Waals surface area (Å²) in [6, 6.07) is 5.65. The van der Waals surface area contributed by atoms with Crippen LogP contribution in [0.4, 0.5) is 11.4 Å². The number of benzene rings is 1. The van der Waals surface area contributed by atoms with E-state index in [1.165, 1.54) is 0 Å². The molecule has 2 rings (SSSR count). The number of nitrogens with one attached hydrogen (secondary N) is 1. The molecule has 1 fully saturated rings. The molecule has 19 heavy (non-hydrogen) atoms. The van der Waals surface area contributed by atoms with Gasteiger partial charge >= 0.3 is 0 Å². The molecule has 5 nitrogen and oxygen atoms in total. The summed E-state index contributed by atoms with van der Waals surface area (Å²) in [5.41, 5.74) is 7.51. The quantitative estimate of drug-likeness (QED) is 0.805. The zero-order valence-corrected chi connectivity index (χ0v) is 11.3. The maximum atomic E-state index is 11.6. The van der Waals surface area contributed by atoms with Crippen molar-refractivity contribution in [2.24, 2.45) is 0 Å². The molecule has 0 unspecified atom stereocenters. The number of ether oxygens (including phenoxy) is 1. The van der Waals surface area contributed by atoms with Crippen LogP contribution in [0.25, 0.3) is 0 Å². The molecule has 3 N–H and O–H groups in total. The van der Waals surface area contributed by atoms with Gasteiger partial charge in [0.15, 0.2) is 0 Å². The van der Waals surface area contributed by atoms with Gasteiger partial charge in [0.1, 0.15) is 5.75 Å². The summed E-state index contributed by atoms with van der Waals surface area (Å²) in [5, 5.41) is 2.86. The first kappa shape index (κ1) is 13.5. The molecule has 1 amide bonds. The molecule has 1 aromatic rings. The van der Waals surface area contributed by atoms with Crippen molar-refractivity contribution in [3.8, 4) is 5.75 Å². The van der Waals surface area contributed by atoms with E-state index < -0.39 is 0 Å². The average molecular weight is 263 g/mol. The topological polar surface area (TPSA) is 67.6 Å². The number of nitrogen functional groups attached to an aromatic ring is 1. The summed E-state index contributed by atoms with van der Waals surface area (Å²) in [6.45, 7) is 4.68. The number of hydrogen-bond acceptors (Lipinski definition) is 4. The standard InChI is InChI=1S/C14H21N3O2/c1-2-6-19-13-8-11(15)7-12(9-13)17-5-3-4-16-14(18)10-17/h7-9H,2-6,10,15H2,1H3,(H,16,18). The molecule has 104 valence electrons. The maximum absolute atomic E-state index is 11.6. The van der Waals surface area contributed by atoms with Crippen LogP contribution >= 0.6 is 0 Å². The second-order valence-electron chi connectivity index (χ2n) is 4.73. The highest BCUT2D eigenvalue weighted by Gasteiger charge is 2.16. The normalized spacial score (nSPS) is 15.8. The maximum Gasteiger partial charge on any atom is 0.239 e. The summed E-state index contributed by atoms with van der Waals surface area (Å²) in [4.78, 5) is 13.6. The van der Waals surface area contributed by atoms with E-state index in [1.807, 2.05) is 23.1 Å². The molecule has 0 spiro atoms. The Morgan fingerprint density at radius 1 is 1.42 bits per heavy atom. The fourth-order valence-corrected chi connectivity index (χ4v) is 2.12. The van der Waals surface area contributed by atoms with Crippen molar-refractivity contribution in [1.29, 1.82) is 0 Å². The number of anilines is 2. The zero-order chi connectivity index (χ0) is 13.7. The van der Waals surface area contributed by atoms with Crippen LogP contribution < -0.4 is 20.7 Å². The molecule has 0 aliphatic carbocycles. The highest BCUT2D eigenvalue weighted by molar-refractivity contribution is 5.82. The number of carbonyl (C=O) groups is 1. The minimum absolute atomic E-state index is 0.0518. The van der Waals surface area contributed by atoms with Crippen molar-refractivity contribution in [2.45, 2.75) is 19.8 Å². The second-order valence-corrected chi connectivity index (χ2v) is 4.73. The first-order valence-electron chi connectivity index (χ1n) is 6.74. The lowest BCUT2D eigenvalue weighted by Gasteiger charge is -2.22. The molecule has 0 saturated carbocycles. The third-order valence-corrected chi connectivity index (χ3v) is 3.01. The number of amides is 1. The summed E-state index contributed by atoms with van der Waals surface area (Å²) < 4.78 is 5.62. The van der Waals surface area contributed by atoms with Crippen LogP contribution in [-0.2, 0) is 4.79 Å². The van der Waals surface area contributed by atoms with E-state index in [4.69, 9.17) is 10.5 Å². The molecule has 1 aliphatic rings. The molecular formula is C14H21N3O2. The van der Waals surface area contributed by atoms with Gasteiger partial charge in [-0.25, -0.2) is 0 Å². The van der Waals surface area contributed by atoms with E-state index in [1.54, 1.807) is 0 Å². The van der Waals surface area contributed by atoms with Crippen molar-refractivity contribution in [3.63, 3.8) is 0 Å². The van der Waals surface area contributed by atoms with Gasteiger partial charge in [0.2, 0.25) is 5.91 Å². The van der Waals surface area contributed by atoms with E-state index in [2.05, 4.69) is 12.2 Å². The zero-order valence-electron chi connectivity index (χ0n) is 11.3. The van der Waals surface area contributed by atoms with Crippen LogP contribution in [0.3, 0.4) is 0 Å². The summed E-state index contributed by atoms with van der Waals surface area (Å²) in [6.07, 6.45) is 1.89. The minimum Gasteiger partial charge on any atom is -0.493 e. The van der Waals surface area contributed by atoms with Crippen LogP contribution in [0, 0.1) is 0 Å². The highest BCUT2D eigenvalue weighted by atomic mass is 16.5. The average Bonchev–Trinajstić information content (AvgIpc) is 2.60. The summed E-state index contributed by atoms with van der Waals surface area (Å²) in [5.74, 6) is 0.817. The van der Waals surface area contributed by atoms with Gasteiger partial charge in [-0.2, -0.15) is 0 Å². The van der Waals surface area contributed by atoms with Crippen molar-refractivity contribution < 1.29 is 9.53 Å². The lowest BCUT2D eigenvalue weighted by molar-refractivity contribution is -0.119. The number of carbonyl (C=O) groups excluding carboxylic acids is 1. The Hall–Kier alpha value is -1.91. The van der Waals surface area contributed by atoms with Gasteiger partial charge in [-0.1, -0.05) is 6.92 Å². The third kappa shape index (κ3) is 3.77. The van der Waals surface area contributed by atoms with Gasteiger partial charge < -0.3 is 20.7 Å². The molecule has 1 aliphatic heterocycles. The van der Waals surface area contributed by atoms with Gasteiger partial charge in [-0.3, -0.25) is 4.79 Å². The summed E-state index contributed by atoms with van der Waals surface area (Å²) >= 11 is 0. The lowest BCUT2D eigenvalue weighted by atomic mass is 10.2. The van der Waals surface area contributed by atoms with E-state index in [0.29, 0.717) is 18.8 Å². The molecule has 1 aromatic carbocycles. The predicted octanol–water partition coefficient (Wildman–Crippen LogP) is 1.38. The van der Waals surface area contributed by atoms with E-state index in [0.717, 1.165) is 37.4 Å². The Morgan fingerprint density at radius 3 is 3.05 bits per heavy atom. The van der Waals surface area contributed by atoms with Crippen molar-refractivity contribution in [3.05, 3.63) is 18.2 Å². The minimum atomic E-state index is 0.0518. The van der Waals surface area contributed by atoms with Crippen LogP contribution in [0.5, 0.6) is 5.75 Å². The largest absolute Gasteiger partial charge is 0.493 e. The monoisotopic (exact) mass is 263 g/mol. The van der Waals surface area contributed by atoms with Crippen molar-refractivity contribution >= 4 is 17.3 Å². The predicted molar refractivity (Wildman–Crippen MR) is 76.5 cm³/mol. The van der Waals surface area contributed by atoms with E-state index in [9.17, 15) is 4.79 Å². The SMILES string of the molecule is CCCOc1cc(N)cc(N2CCCNC(=O)C2)c1. The molecular weight excluding hydrogens is 242 g/mol. The van der Waals surface area contributed by atoms with E-state index in [-0.39, 0.29) is 5.91 Å². The van der Waals surface area contributed by atoms with E-state index >= 15 is 0 Å². The molecule has 0 bridgehead atoms. The fourth-order valence-electron chi connectivity index (χ4n) is 2.12. The van der Waals surface area contributed by atoms with Crippen LogP contribution in [0.2, 0.25) is 0 Å². The van der Waals surface area contributed by atoms with Gasteiger partial charge in [0.25, 0.3) is 0 Å². The number of nitrogens with zero attached hydrogens (tertiary/aromatic N) is 1. The summed E-state index contributed by atoms with van der Waals surface area (Å²) in [7, 11) is 0. The third-order valence-electron chi connectivity index (χ3n) is 3.01. The van der Waals surface area contributed by atoms with Gasteiger partial charge in [0.05, 0.1) is 13.2 Å². The Balaban J connectivity index is 2.17. The van der Waals surface area contributed by atoms with Crippen LogP contribution in [0.1, 0.15) is 19.8 Å². The molecule has 1 saturated heterocycles. The molecule has 5 heteroatoms. The van der Waals surface area contributed by atoms with Crippen molar-refractivity contribution in [1.82, 2.24) is 5.32 Å². The molecule has 0 radical (unpaired) electrons. The Bertz CT molecular complexity index is 448. The first-order valence-corrected chi connectivity index (χ1v) is 6.74. The number of rotatable bonds is 4. The Morgan fingerprint density at radius 2 is 2.26 bits per heavy atom. The molecule has 1 heterocycles. The van der Waals surface area contributed by atoms with Crippen LogP contribution in [-0.4, -0.2) is 32.1 Å². The Kier molecular flexibility index (Phi) is 4.49. The smallest absolute Gasteiger partial charge is 0.239 e. The van der Waals surface area contributed by atoms with Crippen LogP contribution in [0.15, 0.2) is 18.2 Å². The number of hydrogen-bond donors (Lipinski definition) is 2. The fraction of sp³-hybridized carbons (Fsp3) is 0.500. The van der Waals surface area contributed by atoms with Gasteiger partial charge in [-0.15, -0.1) is 0 Å².